The average molecular weight is 336 g/mol. The molecule has 2 saturated carbocycles. The van der Waals surface area contributed by atoms with E-state index in [-0.39, 0.29) is 12.0 Å². The summed E-state index contributed by atoms with van der Waals surface area (Å²) in [6, 6.07) is 6.62. The lowest BCUT2D eigenvalue weighted by molar-refractivity contribution is -0.137. The molecule has 0 heterocycles. The summed E-state index contributed by atoms with van der Waals surface area (Å²) < 4.78 is 38.3. The second kappa shape index (κ2) is 5.93. The molecule has 0 unspecified atom stereocenters. The molecule has 126 valence electrons. The van der Waals surface area contributed by atoms with Gasteiger partial charge in [-0.2, -0.15) is 18.4 Å². The lowest BCUT2D eigenvalue weighted by Gasteiger charge is -2.10. The number of nitriles is 1. The van der Waals surface area contributed by atoms with E-state index < -0.39 is 35.3 Å². The molecule has 1 N–H and O–H groups in total. The smallest absolute Gasteiger partial charge is 0.352 e. The van der Waals surface area contributed by atoms with Crippen LogP contribution in [0.4, 0.5) is 13.2 Å². The summed E-state index contributed by atoms with van der Waals surface area (Å²) in [6.45, 7) is 0. The zero-order valence-electron chi connectivity index (χ0n) is 12.6. The third kappa shape index (κ3) is 3.42. The van der Waals surface area contributed by atoms with E-state index in [1.54, 1.807) is 12.1 Å². The van der Waals surface area contributed by atoms with Crippen LogP contribution >= 0.6 is 0 Å². The highest BCUT2D eigenvalue weighted by molar-refractivity contribution is 6.06. The topological polar surface area (TPSA) is 70.0 Å². The standard InChI is InChI=1S/C17H15F3N2O2/c18-17(19,20)10-3-1-2-9(6-10)12-7-13(12)15(23)14(8-21)16(24)22-11-4-5-11/h1-3,6,11-14H,4-5,7H2,(H,22,24)/t12-,13-,14-/m0/s1. The molecule has 0 saturated heterocycles. The first-order chi connectivity index (χ1) is 11.3. The number of benzene rings is 1. The number of carbonyl (C=O) groups is 2. The normalized spacial score (nSPS) is 23.9. The number of carbonyl (C=O) groups excluding carboxylic acids is 2. The Kier molecular flexibility index (Phi) is 4.08. The van der Waals surface area contributed by atoms with Crippen LogP contribution in [0.2, 0.25) is 0 Å². The summed E-state index contributed by atoms with van der Waals surface area (Å²) in [5, 5.41) is 11.7. The van der Waals surface area contributed by atoms with Crippen LogP contribution in [0.15, 0.2) is 24.3 Å². The van der Waals surface area contributed by atoms with Crippen molar-refractivity contribution in [3.05, 3.63) is 35.4 Å². The van der Waals surface area contributed by atoms with Gasteiger partial charge in [-0.15, -0.1) is 0 Å². The number of nitrogens with one attached hydrogen (secondary N) is 1. The zero-order valence-corrected chi connectivity index (χ0v) is 12.6. The Morgan fingerprint density at radius 1 is 1.29 bits per heavy atom. The van der Waals surface area contributed by atoms with Crippen molar-refractivity contribution in [2.75, 3.05) is 0 Å². The van der Waals surface area contributed by atoms with Crippen LogP contribution in [-0.2, 0) is 15.8 Å². The van der Waals surface area contributed by atoms with Gasteiger partial charge in [-0.3, -0.25) is 9.59 Å². The van der Waals surface area contributed by atoms with E-state index in [0.29, 0.717) is 12.0 Å². The molecule has 0 bridgehead atoms. The minimum Gasteiger partial charge on any atom is -0.352 e. The molecule has 3 rings (SSSR count). The third-order valence-electron chi connectivity index (χ3n) is 4.40. The number of Topliss-reactive ketones (excluding diaryl/α,β-unsaturated/α-hetero) is 1. The van der Waals surface area contributed by atoms with Gasteiger partial charge in [0.25, 0.3) is 0 Å². The van der Waals surface area contributed by atoms with Crippen molar-refractivity contribution in [1.29, 1.82) is 5.26 Å². The maximum absolute atomic E-state index is 12.8. The first-order valence-corrected chi connectivity index (χ1v) is 7.72. The fourth-order valence-corrected chi connectivity index (χ4v) is 2.80. The maximum Gasteiger partial charge on any atom is 0.416 e. The molecule has 1 aromatic rings. The molecule has 3 atom stereocenters. The monoisotopic (exact) mass is 336 g/mol. The van der Waals surface area contributed by atoms with Gasteiger partial charge in [0.1, 0.15) is 0 Å². The highest BCUT2D eigenvalue weighted by Crippen LogP contribution is 2.49. The number of rotatable bonds is 5. The molecule has 1 aromatic carbocycles. The van der Waals surface area contributed by atoms with Gasteiger partial charge >= 0.3 is 6.18 Å². The molecule has 0 spiro atoms. The summed E-state index contributed by atoms with van der Waals surface area (Å²) in [6.07, 6.45) is -2.39. The van der Waals surface area contributed by atoms with Gasteiger partial charge in [0.05, 0.1) is 11.6 Å². The Morgan fingerprint density at radius 2 is 2.00 bits per heavy atom. The predicted molar refractivity (Wildman–Crippen MR) is 77.6 cm³/mol. The number of amides is 1. The van der Waals surface area contributed by atoms with Crippen molar-refractivity contribution in [3.63, 3.8) is 0 Å². The van der Waals surface area contributed by atoms with E-state index in [4.69, 9.17) is 5.26 Å². The molecule has 0 aliphatic heterocycles. The largest absolute Gasteiger partial charge is 0.416 e. The first-order valence-electron chi connectivity index (χ1n) is 7.72. The number of alkyl halides is 3. The van der Waals surface area contributed by atoms with Gasteiger partial charge in [0, 0.05) is 12.0 Å². The molecule has 0 radical (unpaired) electrons. The first kappa shape index (κ1) is 16.5. The van der Waals surface area contributed by atoms with Crippen LogP contribution in [0, 0.1) is 23.2 Å². The van der Waals surface area contributed by atoms with E-state index in [1.165, 1.54) is 6.07 Å². The van der Waals surface area contributed by atoms with Gasteiger partial charge in [-0.25, -0.2) is 0 Å². The quantitative estimate of drug-likeness (QED) is 0.841. The maximum atomic E-state index is 12.8. The Morgan fingerprint density at radius 3 is 2.58 bits per heavy atom. The second-order valence-corrected chi connectivity index (χ2v) is 6.32. The summed E-state index contributed by atoms with van der Waals surface area (Å²) in [5.74, 6) is -3.41. The van der Waals surface area contributed by atoms with Crippen molar-refractivity contribution >= 4 is 11.7 Å². The summed E-state index contributed by atoms with van der Waals surface area (Å²) in [4.78, 5) is 24.3. The molecule has 2 fully saturated rings. The van der Waals surface area contributed by atoms with Crippen molar-refractivity contribution in [2.24, 2.45) is 11.8 Å². The van der Waals surface area contributed by atoms with E-state index in [1.807, 2.05) is 0 Å². The van der Waals surface area contributed by atoms with E-state index in [9.17, 15) is 22.8 Å². The van der Waals surface area contributed by atoms with Crippen molar-refractivity contribution in [2.45, 2.75) is 37.4 Å². The van der Waals surface area contributed by atoms with Crippen LogP contribution in [-0.4, -0.2) is 17.7 Å². The lowest BCUT2D eigenvalue weighted by atomic mass is 9.97. The molecular weight excluding hydrogens is 321 g/mol. The molecule has 7 heteroatoms. The summed E-state index contributed by atoms with van der Waals surface area (Å²) >= 11 is 0. The Balaban J connectivity index is 1.68. The number of ketones is 1. The van der Waals surface area contributed by atoms with Gasteiger partial charge in [-0.1, -0.05) is 18.2 Å². The highest BCUT2D eigenvalue weighted by Gasteiger charge is 2.48. The molecule has 1 amide bonds. The van der Waals surface area contributed by atoms with E-state index in [0.717, 1.165) is 25.0 Å². The average Bonchev–Trinajstić information content (AvgIpc) is 3.41. The van der Waals surface area contributed by atoms with Crippen LogP contribution in [0.25, 0.3) is 0 Å². The predicted octanol–water partition coefficient (Wildman–Crippen LogP) is 2.80. The fraction of sp³-hybridized carbons (Fsp3) is 0.471. The molecule has 24 heavy (non-hydrogen) atoms. The third-order valence-corrected chi connectivity index (χ3v) is 4.40. The molecular formula is C17H15F3N2O2. The van der Waals surface area contributed by atoms with Gasteiger partial charge in [-0.05, 0) is 36.8 Å². The van der Waals surface area contributed by atoms with E-state index in [2.05, 4.69) is 5.32 Å². The highest BCUT2D eigenvalue weighted by atomic mass is 19.4. The second-order valence-electron chi connectivity index (χ2n) is 6.32. The van der Waals surface area contributed by atoms with Crippen LogP contribution in [0.1, 0.15) is 36.3 Å². The number of halogens is 3. The zero-order chi connectivity index (χ0) is 17.5. The minimum atomic E-state index is -4.44. The van der Waals surface area contributed by atoms with Gasteiger partial charge in [0.15, 0.2) is 11.7 Å². The van der Waals surface area contributed by atoms with Gasteiger partial charge in [0.2, 0.25) is 5.91 Å². The lowest BCUT2D eigenvalue weighted by Crippen LogP contribution is -2.36. The van der Waals surface area contributed by atoms with Crippen LogP contribution in [0.5, 0.6) is 0 Å². The fourth-order valence-electron chi connectivity index (χ4n) is 2.80. The number of nitrogens with zero attached hydrogens (tertiary/aromatic N) is 1. The van der Waals surface area contributed by atoms with Crippen molar-refractivity contribution in [3.8, 4) is 6.07 Å². The minimum absolute atomic E-state index is 0.0413. The molecule has 2 aliphatic rings. The Bertz CT molecular complexity index is 719. The summed E-state index contributed by atoms with van der Waals surface area (Å²) in [5.41, 5.74) is -0.344. The Labute approximate surface area is 136 Å². The number of hydrogen-bond donors (Lipinski definition) is 1. The van der Waals surface area contributed by atoms with E-state index >= 15 is 0 Å². The van der Waals surface area contributed by atoms with Crippen molar-refractivity contribution in [1.82, 2.24) is 5.32 Å². The van der Waals surface area contributed by atoms with Gasteiger partial charge < -0.3 is 5.32 Å². The molecule has 0 aromatic heterocycles. The van der Waals surface area contributed by atoms with Crippen LogP contribution in [0.3, 0.4) is 0 Å². The Hall–Kier alpha value is -2.36. The summed E-state index contributed by atoms with van der Waals surface area (Å²) in [7, 11) is 0. The number of hydrogen-bond acceptors (Lipinski definition) is 3. The molecule has 4 nitrogen and oxygen atoms in total. The van der Waals surface area contributed by atoms with Crippen molar-refractivity contribution < 1.29 is 22.8 Å². The van der Waals surface area contributed by atoms with Crippen LogP contribution < -0.4 is 5.32 Å². The molecule has 2 aliphatic carbocycles. The SMILES string of the molecule is N#C[C@H](C(=O)NC1CC1)C(=O)[C@H]1C[C@H]1c1cccc(C(F)(F)F)c1.